The highest BCUT2D eigenvalue weighted by Crippen LogP contribution is 2.29. The van der Waals surface area contributed by atoms with E-state index in [4.69, 9.17) is 10.8 Å². The van der Waals surface area contributed by atoms with Gasteiger partial charge in [-0.2, -0.15) is 0 Å². The molecule has 1 aliphatic rings. The molecule has 2 unspecified atom stereocenters. The van der Waals surface area contributed by atoms with E-state index in [2.05, 4.69) is 11.8 Å². The Labute approximate surface area is 85.1 Å². The SMILES string of the molecule is CCN(C)C1CCCC(N)(C(=O)O)C1. The summed E-state index contributed by atoms with van der Waals surface area (Å²) in [6.07, 6.45) is 3.16. The van der Waals surface area contributed by atoms with Crippen LogP contribution in [0.5, 0.6) is 0 Å². The van der Waals surface area contributed by atoms with Crippen molar-refractivity contribution < 1.29 is 9.90 Å². The van der Waals surface area contributed by atoms with E-state index < -0.39 is 11.5 Å². The molecule has 0 bridgehead atoms. The lowest BCUT2D eigenvalue weighted by atomic mass is 9.79. The van der Waals surface area contributed by atoms with Crippen LogP contribution >= 0.6 is 0 Å². The molecule has 4 nitrogen and oxygen atoms in total. The molecule has 0 spiro atoms. The van der Waals surface area contributed by atoms with Crippen LogP contribution in [0.25, 0.3) is 0 Å². The lowest BCUT2D eigenvalue weighted by Gasteiger charge is -2.38. The zero-order valence-electron chi connectivity index (χ0n) is 8.99. The minimum atomic E-state index is -0.994. The lowest BCUT2D eigenvalue weighted by Crippen LogP contribution is -2.55. The van der Waals surface area contributed by atoms with Gasteiger partial charge in [0, 0.05) is 6.04 Å². The van der Waals surface area contributed by atoms with Gasteiger partial charge in [0.05, 0.1) is 0 Å². The summed E-state index contributed by atoms with van der Waals surface area (Å²) in [6.45, 7) is 3.02. The van der Waals surface area contributed by atoms with Crippen molar-refractivity contribution in [1.29, 1.82) is 0 Å². The second kappa shape index (κ2) is 4.28. The molecule has 3 N–H and O–H groups in total. The average molecular weight is 200 g/mol. The first-order chi connectivity index (χ1) is 6.49. The van der Waals surface area contributed by atoms with Gasteiger partial charge in [-0.25, -0.2) is 0 Å². The molecule has 14 heavy (non-hydrogen) atoms. The molecular formula is C10H20N2O2. The third-order valence-electron chi connectivity index (χ3n) is 3.31. The summed E-state index contributed by atoms with van der Waals surface area (Å²) in [5, 5.41) is 9.03. The van der Waals surface area contributed by atoms with E-state index in [9.17, 15) is 4.79 Å². The monoisotopic (exact) mass is 200 g/mol. The number of hydrogen-bond donors (Lipinski definition) is 2. The van der Waals surface area contributed by atoms with Crippen molar-refractivity contribution in [1.82, 2.24) is 4.90 Å². The Balaban J connectivity index is 2.64. The van der Waals surface area contributed by atoms with Crippen LogP contribution in [0.3, 0.4) is 0 Å². The van der Waals surface area contributed by atoms with Gasteiger partial charge < -0.3 is 15.7 Å². The van der Waals surface area contributed by atoms with Crippen LogP contribution in [0.15, 0.2) is 0 Å². The van der Waals surface area contributed by atoms with Crippen molar-refractivity contribution in [3.8, 4) is 0 Å². The summed E-state index contributed by atoms with van der Waals surface area (Å²) in [5.74, 6) is -0.855. The second-order valence-electron chi connectivity index (χ2n) is 4.28. The Morgan fingerprint density at radius 3 is 2.86 bits per heavy atom. The van der Waals surface area contributed by atoms with Crippen molar-refractivity contribution >= 4 is 5.97 Å². The van der Waals surface area contributed by atoms with Crippen molar-refractivity contribution in [3.05, 3.63) is 0 Å². The molecule has 0 heterocycles. The van der Waals surface area contributed by atoms with Gasteiger partial charge in [0.2, 0.25) is 0 Å². The maximum Gasteiger partial charge on any atom is 0.323 e. The Kier molecular flexibility index (Phi) is 3.50. The van der Waals surface area contributed by atoms with E-state index in [-0.39, 0.29) is 0 Å². The van der Waals surface area contributed by atoms with E-state index in [0.29, 0.717) is 18.9 Å². The van der Waals surface area contributed by atoms with Gasteiger partial charge in [0.1, 0.15) is 5.54 Å². The molecule has 0 saturated heterocycles. The quantitative estimate of drug-likeness (QED) is 0.702. The number of carbonyl (C=O) groups is 1. The molecule has 0 radical (unpaired) electrons. The number of rotatable bonds is 3. The molecular weight excluding hydrogens is 180 g/mol. The van der Waals surface area contributed by atoms with Gasteiger partial charge in [-0.3, -0.25) is 4.79 Å². The molecule has 1 saturated carbocycles. The highest BCUT2D eigenvalue weighted by atomic mass is 16.4. The molecule has 0 aromatic heterocycles. The predicted octanol–water partition coefficient (Wildman–Crippen LogP) is 0.663. The van der Waals surface area contributed by atoms with Crippen LogP contribution in [-0.2, 0) is 4.79 Å². The maximum atomic E-state index is 11.0. The van der Waals surface area contributed by atoms with Crippen LogP contribution in [0.2, 0.25) is 0 Å². The highest BCUT2D eigenvalue weighted by molar-refractivity contribution is 5.78. The Hall–Kier alpha value is -0.610. The first-order valence-corrected chi connectivity index (χ1v) is 5.22. The number of aliphatic carboxylic acids is 1. The largest absolute Gasteiger partial charge is 0.480 e. The molecule has 0 amide bonds. The van der Waals surface area contributed by atoms with Crippen LogP contribution in [-0.4, -0.2) is 41.1 Å². The fourth-order valence-electron chi connectivity index (χ4n) is 2.11. The number of hydrogen-bond acceptors (Lipinski definition) is 3. The van der Waals surface area contributed by atoms with E-state index in [0.717, 1.165) is 19.4 Å². The first-order valence-electron chi connectivity index (χ1n) is 5.22. The van der Waals surface area contributed by atoms with Crippen molar-refractivity contribution in [2.45, 2.75) is 44.2 Å². The smallest absolute Gasteiger partial charge is 0.323 e. The third kappa shape index (κ3) is 2.25. The van der Waals surface area contributed by atoms with Crippen LogP contribution in [0.1, 0.15) is 32.6 Å². The summed E-state index contributed by atoms with van der Waals surface area (Å²) >= 11 is 0. The normalized spacial score (nSPS) is 33.3. The van der Waals surface area contributed by atoms with Crippen molar-refractivity contribution in [2.75, 3.05) is 13.6 Å². The molecule has 0 aromatic carbocycles. The molecule has 1 fully saturated rings. The topological polar surface area (TPSA) is 66.6 Å². The zero-order chi connectivity index (χ0) is 10.8. The van der Waals surface area contributed by atoms with Gasteiger partial charge in [-0.15, -0.1) is 0 Å². The number of carboxylic acids is 1. The first kappa shape index (κ1) is 11.5. The lowest BCUT2D eigenvalue weighted by molar-refractivity contribution is -0.145. The summed E-state index contributed by atoms with van der Waals surface area (Å²) in [6, 6.07) is 0.329. The molecule has 1 aliphatic carbocycles. The average Bonchev–Trinajstić information content (AvgIpc) is 2.16. The molecule has 2 atom stereocenters. The fourth-order valence-corrected chi connectivity index (χ4v) is 2.11. The van der Waals surface area contributed by atoms with E-state index >= 15 is 0 Å². The summed E-state index contributed by atoms with van der Waals surface area (Å²) in [4.78, 5) is 13.2. The molecule has 4 heteroatoms. The number of nitrogens with two attached hydrogens (primary N) is 1. The Bertz CT molecular complexity index is 220. The molecule has 82 valence electrons. The minimum absolute atomic E-state index is 0.329. The Morgan fingerprint density at radius 2 is 2.36 bits per heavy atom. The van der Waals surface area contributed by atoms with E-state index in [1.807, 2.05) is 7.05 Å². The minimum Gasteiger partial charge on any atom is -0.480 e. The Morgan fingerprint density at radius 1 is 1.71 bits per heavy atom. The molecule has 0 aliphatic heterocycles. The summed E-state index contributed by atoms with van der Waals surface area (Å²) in [5.41, 5.74) is 4.86. The standard InChI is InChI=1S/C10H20N2O2/c1-3-12(2)8-5-4-6-10(11,7-8)9(13)14/h8H,3-7,11H2,1-2H3,(H,13,14). The maximum absolute atomic E-state index is 11.0. The van der Waals surface area contributed by atoms with E-state index in [1.54, 1.807) is 0 Å². The molecule has 1 rings (SSSR count). The summed E-state index contributed by atoms with van der Waals surface area (Å²) < 4.78 is 0. The number of nitrogens with zero attached hydrogens (tertiary/aromatic N) is 1. The second-order valence-corrected chi connectivity index (χ2v) is 4.28. The zero-order valence-corrected chi connectivity index (χ0v) is 8.99. The van der Waals surface area contributed by atoms with Gasteiger partial charge >= 0.3 is 5.97 Å². The van der Waals surface area contributed by atoms with Crippen LogP contribution in [0.4, 0.5) is 0 Å². The summed E-state index contributed by atoms with van der Waals surface area (Å²) in [7, 11) is 2.03. The predicted molar refractivity (Wildman–Crippen MR) is 55.1 cm³/mol. The van der Waals surface area contributed by atoms with Crippen LogP contribution < -0.4 is 5.73 Å². The number of carboxylic acid groups (broad SMARTS) is 1. The van der Waals surface area contributed by atoms with Gasteiger partial charge in [0.15, 0.2) is 0 Å². The van der Waals surface area contributed by atoms with Gasteiger partial charge in [0.25, 0.3) is 0 Å². The van der Waals surface area contributed by atoms with Crippen LogP contribution in [0, 0.1) is 0 Å². The molecule has 0 aromatic rings. The van der Waals surface area contributed by atoms with Gasteiger partial charge in [-0.1, -0.05) is 6.92 Å². The van der Waals surface area contributed by atoms with E-state index in [1.165, 1.54) is 0 Å². The van der Waals surface area contributed by atoms with Gasteiger partial charge in [-0.05, 0) is 39.3 Å². The fraction of sp³-hybridized carbons (Fsp3) is 0.900. The van der Waals surface area contributed by atoms with Crippen molar-refractivity contribution in [3.63, 3.8) is 0 Å². The van der Waals surface area contributed by atoms with Crippen molar-refractivity contribution in [2.24, 2.45) is 5.73 Å². The third-order valence-corrected chi connectivity index (χ3v) is 3.31. The highest BCUT2D eigenvalue weighted by Gasteiger charge is 2.40.